The number of amides is 2. The van der Waals surface area contributed by atoms with Crippen LogP contribution in [-0.4, -0.2) is 60.4 Å². The molecule has 0 unspecified atom stereocenters. The Hall–Kier alpha value is -2.70. The third-order valence-electron chi connectivity index (χ3n) is 5.79. The molecule has 2 amide bonds. The van der Waals surface area contributed by atoms with E-state index in [1.165, 1.54) is 10.5 Å². The maximum Gasteiger partial charge on any atom is 0.251 e. The molecule has 0 aromatic heterocycles. The number of nitrogens with zero attached hydrogens (tertiary/aromatic N) is 3. The van der Waals surface area contributed by atoms with E-state index >= 15 is 0 Å². The fraction of sp³-hybridized carbons (Fsp3) is 0.417. The van der Waals surface area contributed by atoms with Crippen LogP contribution in [0, 0.1) is 0 Å². The molecular formula is C24H29N3O3. The first kappa shape index (κ1) is 20.6. The number of imide groups is 1. The summed E-state index contributed by atoms with van der Waals surface area (Å²) in [7, 11) is 0. The highest BCUT2D eigenvalue weighted by Gasteiger charge is 2.43. The SMILES string of the molecule is CCCOc1ccc(N2C(=O)C[C@@H](N3CCN(Cc4ccccc4)CC3)C2=O)cc1. The summed E-state index contributed by atoms with van der Waals surface area (Å²) in [5.41, 5.74) is 1.93. The second-order valence-corrected chi connectivity index (χ2v) is 7.93. The van der Waals surface area contributed by atoms with Gasteiger partial charge in [0.1, 0.15) is 5.75 Å². The van der Waals surface area contributed by atoms with E-state index in [0.29, 0.717) is 12.3 Å². The van der Waals surface area contributed by atoms with Crippen LogP contribution in [0.4, 0.5) is 5.69 Å². The van der Waals surface area contributed by atoms with Crippen LogP contribution in [0.5, 0.6) is 5.75 Å². The summed E-state index contributed by atoms with van der Waals surface area (Å²) < 4.78 is 5.59. The van der Waals surface area contributed by atoms with Crippen molar-refractivity contribution in [3.63, 3.8) is 0 Å². The fourth-order valence-electron chi connectivity index (χ4n) is 4.16. The smallest absolute Gasteiger partial charge is 0.251 e. The molecule has 30 heavy (non-hydrogen) atoms. The normalized spacial score (nSPS) is 20.7. The lowest BCUT2D eigenvalue weighted by Crippen LogP contribution is -2.52. The topological polar surface area (TPSA) is 53.1 Å². The van der Waals surface area contributed by atoms with Gasteiger partial charge in [-0.2, -0.15) is 0 Å². The molecule has 2 saturated heterocycles. The van der Waals surface area contributed by atoms with Crippen LogP contribution >= 0.6 is 0 Å². The van der Waals surface area contributed by atoms with Gasteiger partial charge in [-0.05, 0) is 36.2 Å². The fourth-order valence-corrected chi connectivity index (χ4v) is 4.16. The van der Waals surface area contributed by atoms with Gasteiger partial charge in [0.05, 0.1) is 24.8 Å². The van der Waals surface area contributed by atoms with E-state index in [2.05, 4.69) is 41.0 Å². The summed E-state index contributed by atoms with van der Waals surface area (Å²) in [5.74, 6) is 0.517. The van der Waals surface area contributed by atoms with Gasteiger partial charge in [0.2, 0.25) is 5.91 Å². The zero-order chi connectivity index (χ0) is 20.9. The Morgan fingerprint density at radius 3 is 2.30 bits per heavy atom. The second-order valence-electron chi connectivity index (χ2n) is 7.93. The molecule has 0 N–H and O–H groups in total. The Bertz CT molecular complexity index is 861. The zero-order valence-corrected chi connectivity index (χ0v) is 17.5. The Morgan fingerprint density at radius 2 is 1.63 bits per heavy atom. The predicted octanol–water partition coefficient (Wildman–Crippen LogP) is 2.93. The first-order valence-corrected chi connectivity index (χ1v) is 10.8. The van der Waals surface area contributed by atoms with Crippen molar-refractivity contribution in [2.24, 2.45) is 0 Å². The number of rotatable bonds is 7. The van der Waals surface area contributed by atoms with E-state index in [4.69, 9.17) is 4.74 Å². The second kappa shape index (κ2) is 9.41. The van der Waals surface area contributed by atoms with Crippen molar-refractivity contribution in [1.82, 2.24) is 9.80 Å². The highest BCUT2D eigenvalue weighted by Crippen LogP contribution is 2.28. The lowest BCUT2D eigenvalue weighted by molar-refractivity contribution is -0.123. The third kappa shape index (κ3) is 4.55. The molecule has 0 radical (unpaired) electrons. The largest absolute Gasteiger partial charge is 0.494 e. The molecule has 2 aromatic rings. The molecular weight excluding hydrogens is 378 g/mol. The first-order chi connectivity index (χ1) is 14.7. The van der Waals surface area contributed by atoms with Crippen molar-refractivity contribution < 1.29 is 14.3 Å². The molecule has 6 heteroatoms. The minimum atomic E-state index is -0.354. The summed E-state index contributed by atoms with van der Waals surface area (Å²) in [6.45, 7) is 7.02. The van der Waals surface area contributed by atoms with Crippen molar-refractivity contribution in [2.45, 2.75) is 32.4 Å². The van der Waals surface area contributed by atoms with Gasteiger partial charge in [0, 0.05) is 32.7 Å². The Labute approximate surface area is 178 Å². The number of benzene rings is 2. The number of anilines is 1. The molecule has 2 heterocycles. The number of carbonyl (C=O) groups excluding carboxylic acids is 2. The molecule has 158 valence electrons. The van der Waals surface area contributed by atoms with Crippen molar-refractivity contribution in [3.8, 4) is 5.75 Å². The maximum absolute atomic E-state index is 13.1. The minimum Gasteiger partial charge on any atom is -0.494 e. The summed E-state index contributed by atoms with van der Waals surface area (Å²) in [6.07, 6.45) is 1.19. The van der Waals surface area contributed by atoms with E-state index in [1.54, 1.807) is 12.1 Å². The van der Waals surface area contributed by atoms with Gasteiger partial charge >= 0.3 is 0 Å². The average molecular weight is 408 g/mol. The highest BCUT2D eigenvalue weighted by atomic mass is 16.5. The molecule has 0 spiro atoms. The van der Waals surface area contributed by atoms with Crippen molar-refractivity contribution in [3.05, 3.63) is 60.2 Å². The summed E-state index contributed by atoms with van der Waals surface area (Å²) >= 11 is 0. The molecule has 1 atom stereocenters. The van der Waals surface area contributed by atoms with Crippen molar-refractivity contribution >= 4 is 17.5 Å². The Kier molecular flexibility index (Phi) is 6.45. The maximum atomic E-state index is 13.1. The minimum absolute atomic E-state index is 0.112. The van der Waals surface area contributed by atoms with E-state index < -0.39 is 0 Å². The quantitative estimate of drug-likeness (QED) is 0.661. The molecule has 4 rings (SSSR count). The van der Waals surface area contributed by atoms with E-state index in [-0.39, 0.29) is 24.3 Å². The number of ether oxygens (including phenoxy) is 1. The van der Waals surface area contributed by atoms with Gasteiger partial charge in [-0.1, -0.05) is 37.3 Å². The number of carbonyl (C=O) groups is 2. The predicted molar refractivity (Wildman–Crippen MR) is 116 cm³/mol. The van der Waals surface area contributed by atoms with E-state index in [0.717, 1.165) is 44.9 Å². The highest BCUT2D eigenvalue weighted by molar-refractivity contribution is 6.22. The van der Waals surface area contributed by atoms with Gasteiger partial charge < -0.3 is 4.74 Å². The van der Waals surface area contributed by atoms with E-state index in [9.17, 15) is 9.59 Å². The van der Waals surface area contributed by atoms with Crippen LogP contribution in [0.25, 0.3) is 0 Å². The lowest BCUT2D eigenvalue weighted by Gasteiger charge is -2.37. The standard InChI is InChI=1S/C24H29N3O3/c1-2-16-30-21-10-8-20(9-11-21)27-23(28)17-22(24(27)29)26-14-12-25(13-15-26)18-19-6-4-3-5-7-19/h3-11,22H,2,12-18H2,1H3/t22-/m1/s1. The average Bonchev–Trinajstić information content (AvgIpc) is 3.08. The summed E-state index contributed by atoms with van der Waals surface area (Å²) in [5, 5.41) is 0. The molecule has 0 aliphatic carbocycles. The van der Waals surface area contributed by atoms with Crippen molar-refractivity contribution in [2.75, 3.05) is 37.7 Å². The van der Waals surface area contributed by atoms with Crippen LogP contribution in [0.2, 0.25) is 0 Å². The zero-order valence-electron chi connectivity index (χ0n) is 17.5. The molecule has 2 aliphatic heterocycles. The molecule has 6 nitrogen and oxygen atoms in total. The molecule has 2 aliphatic rings. The molecule has 0 bridgehead atoms. The van der Waals surface area contributed by atoms with Gasteiger partial charge in [0.25, 0.3) is 5.91 Å². The lowest BCUT2D eigenvalue weighted by atomic mass is 10.1. The van der Waals surface area contributed by atoms with Gasteiger partial charge in [-0.3, -0.25) is 19.4 Å². The number of piperazine rings is 1. The van der Waals surface area contributed by atoms with E-state index in [1.807, 2.05) is 18.2 Å². The summed E-state index contributed by atoms with van der Waals surface area (Å²) in [4.78, 5) is 31.6. The van der Waals surface area contributed by atoms with Gasteiger partial charge in [0.15, 0.2) is 0 Å². The van der Waals surface area contributed by atoms with Gasteiger partial charge in [-0.25, -0.2) is 4.90 Å². The Morgan fingerprint density at radius 1 is 0.933 bits per heavy atom. The summed E-state index contributed by atoms with van der Waals surface area (Å²) in [6, 6.07) is 17.3. The Balaban J connectivity index is 1.35. The molecule has 0 saturated carbocycles. The van der Waals surface area contributed by atoms with Crippen molar-refractivity contribution in [1.29, 1.82) is 0 Å². The molecule has 2 fully saturated rings. The number of hydrogen-bond donors (Lipinski definition) is 0. The van der Waals surface area contributed by atoms with Crippen LogP contribution in [0.15, 0.2) is 54.6 Å². The molecule has 2 aromatic carbocycles. The number of hydrogen-bond acceptors (Lipinski definition) is 5. The van der Waals surface area contributed by atoms with Crippen LogP contribution in [-0.2, 0) is 16.1 Å². The van der Waals surface area contributed by atoms with Gasteiger partial charge in [-0.15, -0.1) is 0 Å². The third-order valence-corrected chi connectivity index (χ3v) is 5.79. The first-order valence-electron chi connectivity index (χ1n) is 10.8. The van der Waals surface area contributed by atoms with Crippen LogP contribution in [0.1, 0.15) is 25.3 Å². The van der Waals surface area contributed by atoms with Crippen LogP contribution < -0.4 is 9.64 Å². The van der Waals surface area contributed by atoms with Crippen LogP contribution in [0.3, 0.4) is 0 Å². The monoisotopic (exact) mass is 407 g/mol.